The molecule has 2 unspecified atom stereocenters. The molecule has 0 N–H and O–H groups in total. The van der Waals surface area contributed by atoms with Gasteiger partial charge in [0.25, 0.3) is 0 Å². The van der Waals surface area contributed by atoms with Gasteiger partial charge in [-0.15, -0.1) is 0 Å². The third-order valence-electron chi connectivity index (χ3n) is 3.77. The molecule has 1 aliphatic carbocycles. The highest BCUT2D eigenvalue weighted by atomic mass is 15.2. The summed E-state index contributed by atoms with van der Waals surface area (Å²) >= 11 is 0. The van der Waals surface area contributed by atoms with Crippen molar-refractivity contribution in [1.29, 1.82) is 5.26 Å². The molecule has 2 heterocycles. The minimum absolute atomic E-state index is 0.672. The Morgan fingerprint density at radius 3 is 2.94 bits per heavy atom. The Bertz CT molecular complexity index is 461. The number of fused-ring (bicyclic) bond motifs is 2. The zero-order valence-corrected chi connectivity index (χ0v) is 9.48. The molecule has 3 nitrogen and oxygen atoms in total. The van der Waals surface area contributed by atoms with Crippen molar-refractivity contribution in [2.45, 2.75) is 32.2 Å². The number of nitriles is 1. The lowest BCUT2D eigenvalue weighted by molar-refractivity contribution is 0.550. The van der Waals surface area contributed by atoms with Gasteiger partial charge >= 0.3 is 0 Å². The number of pyridine rings is 1. The first-order valence-corrected chi connectivity index (χ1v) is 5.91. The maximum Gasteiger partial charge on any atom is 0.130 e. The van der Waals surface area contributed by atoms with E-state index in [9.17, 15) is 0 Å². The summed E-state index contributed by atoms with van der Waals surface area (Å²) in [5.74, 6) is 1.86. The van der Waals surface area contributed by atoms with E-state index in [-0.39, 0.29) is 0 Å². The predicted octanol–water partition coefficient (Wildman–Crippen LogP) is 2.25. The molecular formula is C13H15N3. The number of hydrogen-bond donors (Lipinski definition) is 0. The van der Waals surface area contributed by atoms with Crippen molar-refractivity contribution < 1.29 is 0 Å². The average molecular weight is 213 g/mol. The summed E-state index contributed by atoms with van der Waals surface area (Å²) in [5, 5.41) is 8.96. The first kappa shape index (κ1) is 9.65. The number of rotatable bonds is 1. The average Bonchev–Trinajstić information content (AvgIpc) is 2.89. The summed E-state index contributed by atoms with van der Waals surface area (Å²) in [7, 11) is 0. The standard InChI is InChI=1S/C13H15N3/c1-9-4-11(7-14)6-13(15-9)16-8-10-2-3-12(16)5-10/h4,6,10,12H,2-3,5,8H2,1H3. The molecule has 2 bridgehead atoms. The Labute approximate surface area is 95.7 Å². The molecule has 2 aliphatic rings. The Morgan fingerprint density at radius 2 is 2.31 bits per heavy atom. The van der Waals surface area contributed by atoms with E-state index in [0.717, 1.165) is 29.5 Å². The second-order valence-electron chi connectivity index (χ2n) is 4.95. The zero-order chi connectivity index (χ0) is 11.1. The summed E-state index contributed by atoms with van der Waals surface area (Å²) in [6.45, 7) is 3.09. The van der Waals surface area contributed by atoms with Gasteiger partial charge in [-0.2, -0.15) is 5.26 Å². The van der Waals surface area contributed by atoms with Crippen molar-refractivity contribution >= 4 is 5.82 Å². The molecule has 0 amide bonds. The van der Waals surface area contributed by atoms with Crippen LogP contribution in [-0.2, 0) is 0 Å². The van der Waals surface area contributed by atoms with Crippen LogP contribution in [0.4, 0.5) is 5.82 Å². The third kappa shape index (κ3) is 1.46. The van der Waals surface area contributed by atoms with Gasteiger partial charge < -0.3 is 4.90 Å². The molecule has 1 aromatic heterocycles. The van der Waals surface area contributed by atoms with Crippen LogP contribution in [0.25, 0.3) is 0 Å². The van der Waals surface area contributed by atoms with Crippen LogP contribution >= 0.6 is 0 Å². The molecule has 1 saturated carbocycles. The summed E-state index contributed by atoms with van der Waals surface area (Å²) in [6, 6.07) is 6.65. The minimum atomic E-state index is 0.672. The van der Waals surface area contributed by atoms with Crippen molar-refractivity contribution in [3.8, 4) is 6.07 Å². The van der Waals surface area contributed by atoms with Crippen LogP contribution in [0.3, 0.4) is 0 Å². The van der Waals surface area contributed by atoms with Crippen LogP contribution in [0, 0.1) is 24.2 Å². The van der Waals surface area contributed by atoms with Gasteiger partial charge in [-0.1, -0.05) is 0 Å². The van der Waals surface area contributed by atoms with E-state index >= 15 is 0 Å². The lowest BCUT2D eigenvalue weighted by atomic mass is 10.1. The largest absolute Gasteiger partial charge is 0.353 e. The van der Waals surface area contributed by atoms with Gasteiger partial charge in [0, 0.05) is 18.3 Å². The van der Waals surface area contributed by atoms with Gasteiger partial charge in [0.2, 0.25) is 0 Å². The molecule has 82 valence electrons. The Balaban J connectivity index is 1.95. The summed E-state index contributed by atoms with van der Waals surface area (Å²) in [5.41, 5.74) is 1.67. The van der Waals surface area contributed by atoms with Crippen molar-refractivity contribution in [3.05, 3.63) is 23.4 Å². The van der Waals surface area contributed by atoms with E-state index in [2.05, 4.69) is 16.0 Å². The topological polar surface area (TPSA) is 39.9 Å². The number of hydrogen-bond acceptors (Lipinski definition) is 3. The Hall–Kier alpha value is -1.56. The smallest absolute Gasteiger partial charge is 0.130 e. The maximum atomic E-state index is 8.96. The Kier molecular flexibility index (Phi) is 2.10. The van der Waals surface area contributed by atoms with E-state index in [4.69, 9.17) is 5.26 Å². The van der Waals surface area contributed by atoms with E-state index in [1.807, 2.05) is 19.1 Å². The quantitative estimate of drug-likeness (QED) is 0.718. The predicted molar refractivity (Wildman–Crippen MR) is 62.2 cm³/mol. The molecule has 3 heteroatoms. The molecule has 1 saturated heterocycles. The second-order valence-corrected chi connectivity index (χ2v) is 4.95. The third-order valence-corrected chi connectivity index (χ3v) is 3.77. The molecule has 1 aliphatic heterocycles. The first-order valence-electron chi connectivity index (χ1n) is 5.91. The second kappa shape index (κ2) is 3.48. The first-order chi connectivity index (χ1) is 7.76. The maximum absolute atomic E-state index is 8.96. The van der Waals surface area contributed by atoms with Crippen LogP contribution < -0.4 is 4.90 Å². The van der Waals surface area contributed by atoms with Gasteiger partial charge in [0.05, 0.1) is 11.6 Å². The van der Waals surface area contributed by atoms with Crippen molar-refractivity contribution in [3.63, 3.8) is 0 Å². The number of anilines is 1. The molecule has 0 radical (unpaired) electrons. The van der Waals surface area contributed by atoms with Gasteiger partial charge in [-0.05, 0) is 44.2 Å². The fourth-order valence-corrected chi connectivity index (χ4v) is 3.07. The monoisotopic (exact) mass is 213 g/mol. The van der Waals surface area contributed by atoms with Crippen molar-refractivity contribution in [1.82, 2.24) is 4.98 Å². The molecule has 1 aromatic rings. The van der Waals surface area contributed by atoms with E-state index in [1.54, 1.807) is 0 Å². The van der Waals surface area contributed by atoms with Crippen molar-refractivity contribution in [2.24, 2.45) is 5.92 Å². The Morgan fingerprint density at radius 1 is 1.44 bits per heavy atom. The van der Waals surface area contributed by atoms with Gasteiger partial charge in [-0.25, -0.2) is 4.98 Å². The molecular weight excluding hydrogens is 198 g/mol. The van der Waals surface area contributed by atoms with E-state index in [0.29, 0.717) is 6.04 Å². The molecule has 3 rings (SSSR count). The molecule has 0 spiro atoms. The lowest BCUT2D eigenvalue weighted by Gasteiger charge is -2.28. The highest BCUT2D eigenvalue weighted by Crippen LogP contribution is 2.39. The van der Waals surface area contributed by atoms with Crippen LogP contribution in [0.5, 0.6) is 0 Å². The molecule has 2 atom stereocenters. The SMILES string of the molecule is Cc1cc(C#N)cc(N2CC3CCC2C3)n1. The van der Waals surface area contributed by atoms with Crippen molar-refractivity contribution in [2.75, 3.05) is 11.4 Å². The fourth-order valence-electron chi connectivity index (χ4n) is 3.07. The number of nitrogens with zero attached hydrogens (tertiary/aromatic N) is 3. The number of piperidine rings is 1. The minimum Gasteiger partial charge on any atom is -0.353 e. The van der Waals surface area contributed by atoms with Crippen LogP contribution in [0.2, 0.25) is 0 Å². The van der Waals surface area contributed by atoms with E-state index in [1.165, 1.54) is 19.3 Å². The number of aryl methyl sites for hydroxylation is 1. The highest BCUT2D eigenvalue weighted by molar-refractivity contribution is 5.48. The molecule has 16 heavy (non-hydrogen) atoms. The van der Waals surface area contributed by atoms with Crippen LogP contribution in [0.15, 0.2) is 12.1 Å². The highest BCUT2D eigenvalue weighted by Gasteiger charge is 2.38. The fraction of sp³-hybridized carbons (Fsp3) is 0.538. The van der Waals surface area contributed by atoms with Gasteiger partial charge in [-0.3, -0.25) is 0 Å². The van der Waals surface area contributed by atoms with Gasteiger partial charge in [0.1, 0.15) is 5.82 Å². The van der Waals surface area contributed by atoms with E-state index < -0.39 is 0 Å². The zero-order valence-electron chi connectivity index (χ0n) is 9.48. The number of aromatic nitrogens is 1. The van der Waals surface area contributed by atoms with Crippen LogP contribution in [0.1, 0.15) is 30.5 Å². The molecule has 0 aromatic carbocycles. The molecule has 2 fully saturated rings. The summed E-state index contributed by atoms with van der Waals surface area (Å²) < 4.78 is 0. The van der Waals surface area contributed by atoms with Crippen LogP contribution in [-0.4, -0.2) is 17.6 Å². The normalized spacial score (nSPS) is 27.1. The summed E-state index contributed by atoms with van der Waals surface area (Å²) in [4.78, 5) is 6.95. The summed E-state index contributed by atoms with van der Waals surface area (Å²) in [6.07, 6.45) is 3.98. The lowest BCUT2D eigenvalue weighted by Crippen LogP contribution is -2.32. The van der Waals surface area contributed by atoms with Gasteiger partial charge in [0.15, 0.2) is 0 Å².